The van der Waals surface area contributed by atoms with Crippen molar-refractivity contribution in [1.29, 1.82) is 0 Å². The molecule has 0 radical (unpaired) electrons. The Labute approximate surface area is 116 Å². The predicted molar refractivity (Wildman–Crippen MR) is 75.1 cm³/mol. The zero-order valence-corrected chi connectivity index (χ0v) is 12.1. The van der Waals surface area contributed by atoms with E-state index < -0.39 is 0 Å². The molecule has 1 saturated heterocycles. The summed E-state index contributed by atoms with van der Waals surface area (Å²) >= 11 is 3.39. The van der Waals surface area contributed by atoms with E-state index in [1.807, 2.05) is 25.1 Å². The predicted octanol–water partition coefficient (Wildman–Crippen LogP) is 2.71. The van der Waals surface area contributed by atoms with Crippen LogP contribution in [-0.2, 0) is 4.74 Å². The number of benzene rings is 1. The second-order valence-electron chi connectivity index (χ2n) is 4.64. The van der Waals surface area contributed by atoms with Gasteiger partial charge in [0.2, 0.25) is 0 Å². The largest absolute Gasteiger partial charge is 0.370 e. The number of ketones is 1. The van der Waals surface area contributed by atoms with E-state index in [-0.39, 0.29) is 18.5 Å². The van der Waals surface area contributed by atoms with Gasteiger partial charge in [0.1, 0.15) is 6.61 Å². The monoisotopic (exact) mass is 311 g/mol. The Bertz CT molecular complexity index is 428. The minimum atomic E-state index is 0.0623. The van der Waals surface area contributed by atoms with Crippen molar-refractivity contribution < 1.29 is 9.53 Å². The molecule has 1 aliphatic rings. The maximum atomic E-state index is 12.1. The molecular formula is C14H18BrNO2. The second kappa shape index (κ2) is 6.45. The van der Waals surface area contributed by atoms with Crippen molar-refractivity contribution in [3.63, 3.8) is 0 Å². The van der Waals surface area contributed by atoms with Crippen molar-refractivity contribution in [1.82, 2.24) is 5.32 Å². The SMILES string of the molecule is Cc1ccc(Br)cc1C(=O)COC1CCNCC1. The van der Waals surface area contributed by atoms with Crippen molar-refractivity contribution in [2.75, 3.05) is 19.7 Å². The third-order valence-corrected chi connectivity index (χ3v) is 3.73. The van der Waals surface area contributed by atoms with Crippen LogP contribution in [0, 0.1) is 6.92 Å². The highest BCUT2D eigenvalue weighted by atomic mass is 79.9. The fourth-order valence-electron chi connectivity index (χ4n) is 2.13. The molecule has 1 aliphatic heterocycles. The Kier molecular flexibility index (Phi) is 4.92. The molecule has 1 N–H and O–H groups in total. The molecule has 4 heteroatoms. The van der Waals surface area contributed by atoms with Crippen molar-refractivity contribution in [2.45, 2.75) is 25.9 Å². The van der Waals surface area contributed by atoms with Gasteiger partial charge in [-0.2, -0.15) is 0 Å². The number of piperidine rings is 1. The van der Waals surface area contributed by atoms with Crippen LogP contribution in [0.1, 0.15) is 28.8 Å². The van der Waals surface area contributed by atoms with Crippen molar-refractivity contribution in [3.8, 4) is 0 Å². The molecule has 3 nitrogen and oxygen atoms in total. The Morgan fingerprint density at radius 2 is 2.17 bits per heavy atom. The van der Waals surface area contributed by atoms with E-state index in [1.165, 1.54) is 0 Å². The van der Waals surface area contributed by atoms with Crippen LogP contribution in [0.4, 0.5) is 0 Å². The third kappa shape index (κ3) is 3.64. The molecule has 1 aromatic carbocycles. The number of halogens is 1. The Morgan fingerprint density at radius 1 is 1.44 bits per heavy atom. The first kappa shape index (κ1) is 13.7. The number of Topliss-reactive ketones (excluding diaryl/α,β-unsaturated/α-hetero) is 1. The maximum Gasteiger partial charge on any atom is 0.188 e. The van der Waals surface area contributed by atoms with Gasteiger partial charge >= 0.3 is 0 Å². The lowest BCUT2D eigenvalue weighted by Crippen LogP contribution is -2.33. The van der Waals surface area contributed by atoms with Crippen LogP contribution in [-0.4, -0.2) is 31.6 Å². The smallest absolute Gasteiger partial charge is 0.188 e. The molecule has 18 heavy (non-hydrogen) atoms. The summed E-state index contributed by atoms with van der Waals surface area (Å²) in [4.78, 5) is 12.1. The molecule has 2 rings (SSSR count). The Hall–Kier alpha value is -0.710. The summed E-state index contributed by atoms with van der Waals surface area (Å²) in [6.45, 7) is 4.09. The first-order valence-electron chi connectivity index (χ1n) is 6.28. The average Bonchev–Trinajstić information content (AvgIpc) is 2.40. The van der Waals surface area contributed by atoms with Gasteiger partial charge in [-0.3, -0.25) is 4.79 Å². The lowest BCUT2D eigenvalue weighted by Gasteiger charge is -2.22. The molecule has 0 spiro atoms. The van der Waals surface area contributed by atoms with E-state index in [0.29, 0.717) is 0 Å². The van der Waals surface area contributed by atoms with Crippen LogP contribution in [0.5, 0.6) is 0 Å². The van der Waals surface area contributed by atoms with E-state index >= 15 is 0 Å². The average molecular weight is 312 g/mol. The number of hydrogen-bond donors (Lipinski definition) is 1. The highest BCUT2D eigenvalue weighted by Gasteiger charge is 2.16. The van der Waals surface area contributed by atoms with Crippen LogP contribution in [0.3, 0.4) is 0 Å². The van der Waals surface area contributed by atoms with Crippen LogP contribution >= 0.6 is 15.9 Å². The van der Waals surface area contributed by atoms with Crippen LogP contribution in [0.25, 0.3) is 0 Å². The van der Waals surface area contributed by atoms with Gasteiger partial charge in [0.05, 0.1) is 6.10 Å². The number of carbonyl (C=O) groups is 1. The van der Waals surface area contributed by atoms with Gasteiger partial charge in [-0.25, -0.2) is 0 Å². The second-order valence-corrected chi connectivity index (χ2v) is 5.56. The van der Waals surface area contributed by atoms with Gasteiger partial charge < -0.3 is 10.1 Å². The number of hydrogen-bond acceptors (Lipinski definition) is 3. The molecule has 1 aromatic rings. The molecule has 0 saturated carbocycles. The summed E-state index contributed by atoms with van der Waals surface area (Å²) in [5.74, 6) is 0.0623. The fraction of sp³-hybridized carbons (Fsp3) is 0.500. The van der Waals surface area contributed by atoms with E-state index in [2.05, 4.69) is 21.2 Å². The summed E-state index contributed by atoms with van der Waals surface area (Å²) in [6.07, 6.45) is 2.21. The first-order valence-corrected chi connectivity index (χ1v) is 7.08. The van der Waals surface area contributed by atoms with Gasteiger partial charge in [-0.05, 0) is 50.6 Å². The third-order valence-electron chi connectivity index (χ3n) is 3.24. The molecule has 1 fully saturated rings. The van der Waals surface area contributed by atoms with Gasteiger partial charge in [0.25, 0.3) is 0 Å². The van der Waals surface area contributed by atoms with Crippen LogP contribution < -0.4 is 5.32 Å². The molecule has 0 aromatic heterocycles. The lowest BCUT2D eigenvalue weighted by atomic mass is 10.1. The van der Waals surface area contributed by atoms with Gasteiger partial charge in [-0.1, -0.05) is 22.0 Å². The number of carbonyl (C=O) groups excluding carboxylic acids is 1. The number of ether oxygens (including phenoxy) is 1. The van der Waals surface area contributed by atoms with Gasteiger partial charge in [0.15, 0.2) is 5.78 Å². The first-order chi connectivity index (χ1) is 8.66. The molecule has 0 bridgehead atoms. The van der Waals surface area contributed by atoms with E-state index in [4.69, 9.17) is 4.74 Å². The minimum absolute atomic E-state index is 0.0623. The molecule has 0 aliphatic carbocycles. The lowest BCUT2D eigenvalue weighted by molar-refractivity contribution is 0.0317. The summed E-state index contributed by atoms with van der Waals surface area (Å²) in [6, 6.07) is 5.76. The zero-order chi connectivity index (χ0) is 13.0. The number of nitrogens with one attached hydrogen (secondary N) is 1. The summed E-state index contributed by atoms with van der Waals surface area (Å²) in [5, 5.41) is 3.28. The maximum absolute atomic E-state index is 12.1. The van der Waals surface area contributed by atoms with Crippen LogP contribution in [0.2, 0.25) is 0 Å². The number of aryl methyl sites for hydroxylation is 1. The normalized spacial score (nSPS) is 16.8. The van der Waals surface area contributed by atoms with Crippen molar-refractivity contribution in [3.05, 3.63) is 33.8 Å². The standard InChI is InChI=1S/C14H18BrNO2/c1-10-2-3-11(15)8-13(10)14(17)9-18-12-4-6-16-7-5-12/h2-3,8,12,16H,4-7,9H2,1H3. The van der Waals surface area contributed by atoms with Crippen molar-refractivity contribution in [2.24, 2.45) is 0 Å². The van der Waals surface area contributed by atoms with Crippen molar-refractivity contribution >= 4 is 21.7 Å². The number of rotatable bonds is 4. The highest BCUT2D eigenvalue weighted by molar-refractivity contribution is 9.10. The highest BCUT2D eigenvalue weighted by Crippen LogP contribution is 2.17. The molecule has 98 valence electrons. The van der Waals surface area contributed by atoms with Crippen LogP contribution in [0.15, 0.2) is 22.7 Å². The molecule has 0 atom stereocenters. The zero-order valence-electron chi connectivity index (χ0n) is 10.5. The van der Waals surface area contributed by atoms with E-state index in [1.54, 1.807) is 0 Å². The quantitative estimate of drug-likeness (QED) is 0.869. The molecular weight excluding hydrogens is 294 g/mol. The van der Waals surface area contributed by atoms with Gasteiger partial charge in [0, 0.05) is 10.0 Å². The summed E-state index contributed by atoms with van der Waals surface area (Å²) in [7, 11) is 0. The molecule has 1 heterocycles. The minimum Gasteiger partial charge on any atom is -0.370 e. The Morgan fingerprint density at radius 3 is 2.89 bits per heavy atom. The van der Waals surface area contributed by atoms with E-state index in [0.717, 1.165) is 41.5 Å². The van der Waals surface area contributed by atoms with Gasteiger partial charge in [-0.15, -0.1) is 0 Å². The topological polar surface area (TPSA) is 38.3 Å². The summed E-state index contributed by atoms with van der Waals surface area (Å²) in [5.41, 5.74) is 1.75. The molecule has 0 amide bonds. The summed E-state index contributed by atoms with van der Waals surface area (Å²) < 4.78 is 6.62. The Balaban J connectivity index is 1.92. The fourth-order valence-corrected chi connectivity index (χ4v) is 2.49. The van der Waals surface area contributed by atoms with E-state index in [9.17, 15) is 4.79 Å². The molecule has 0 unspecified atom stereocenters.